The van der Waals surface area contributed by atoms with Crippen molar-refractivity contribution in [2.24, 2.45) is 0 Å². The van der Waals surface area contributed by atoms with Gasteiger partial charge in [-0.2, -0.15) is 0 Å². The molecule has 0 aliphatic carbocycles. The van der Waals surface area contributed by atoms with Crippen LogP contribution in [0, 0.1) is 5.82 Å². The van der Waals surface area contributed by atoms with Crippen LogP contribution in [0.3, 0.4) is 0 Å². The summed E-state index contributed by atoms with van der Waals surface area (Å²) >= 11 is 0. The molecule has 3 rings (SSSR count). The normalized spacial score (nSPS) is 15.9. The number of hydrogen-bond donors (Lipinski definition) is 1. The third-order valence-corrected chi connectivity index (χ3v) is 4.81. The van der Waals surface area contributed by atoms with E-state index in [1.54, 1.807) is 6.92 Å². The van der Waals surface area contributed by atoms with Crippen LogP contribution in [0.2, 0.25) is 0 Å². The minimum atomic E-state index is -0.646. The van der Waals surface area contributed by atoms with E-state index in [2.05, 4.69) is 22.3 Å². The molecule has 0 spiro atoms. The fourth-order valence-electron chi connectivity index (χ4n) is 3.32. The van der Waals surface area contributed by atoms with Gasteiger partial charge in [0.15, 0.2) is 6.10 Å². The maximum absolute atomic E-state index is 12.9. The van der Waals surface area contributed by atoms with E-state index >= 15 is 0 Å². The molecule has 1 aliphatic rings. The summed E-state index contributed by atoms with van der Waals surface area (Å²) in [5.41, 5.74) is 2.35. The van der Waals surface area contributed by atoms with Crippen LogP contribution in [-0.4, -0.2) is 30.0 Å². The second kappa shape index (κ2) is 9.51. The van der Waals surface area contributed by atoms with Crippen molar-refractivity contribution in [3.05, 3.63) is 65.5 Å². The summed E-state index contributed by atoms with van der Waals surface area (Å²) in [7, 11) is 0. The highest BCUT2D eigenvalue weighted by Crippen LogP contribution is 2.15. The van der Waals surface area contributed by atoms with Crippen LogP contribution < -0.4 is 10.1 Å². The van der Waals surface area contributed by atoms with Crippen LogP contribution in [0.1, 0.15) is 37.3 Å². The molecule has 1 saturated heterocycles. The molecule has 0 radical (unpaired) electrons. The summed E-state index contributed by atoms with van der Waals surface area (Å²) in [5.74, 6) is -0.0489. The highest BCUT2D eigenvalue weighted by Gasteiger charge is 2.15. The number of carbonyl (C=O) groups is 1. The predicted molar refractivity (Wildman–Crippen MR) is 104 cm³/mol. The lowest BCUT2D eigenvalue weighted by atomic mass is 10.1. The Hall–Kier alpha value is -2.40. The summed E-state index contributed by atoms with van der Waals surface area (Å²) in [6.45, 7) is 5.44. The first-order valence-electron chi connectivity index (χ1n) is 9.60. The zero-order valence-electron chi connectivity index (χ0n) is 15.8. The van der Waals surface area contributed by atoms with Crippen molar-refractivity contribution in [2.75, 3.05) is 13.1 Å². The molecular formula is C22H27FN2O2. The van der Waals surface area contributed by atoms with Gasteiger partial charge in [-0.05, 0) is 68.2 Å². The van der Waals surface area contributed by atoms with E-state index in [1.165, 1.54) is 62.2 Å². The van der Waals surface area contributed by atoms with Crippen molar-refractivity contribution >= 4 is 5.91 Å². The molecule has 1 unspecified atom stereocenters. The molecule has 1 N–H and O–H groups in total. The number of ether oxygens (including phenoxy) is 1. The average Bonchev–Trinajstić information content (AvgIpc) is 2.69. The number of hydrogen-bond acceptors (Lipinski definition) is 3. The van der Waals surface area contributed by atoms with E-state index in [0.29, 0.717) is 12.3 Å². The van der Waals surface area contributed by atoms with Crippen molar-refractivity contribution in [1.29, 1.82) is 0 Å². The Balaban J connectivity index is 1.49. The van der Waals surface area contributed by atoms with E-state index < -0.39 is 6.10 Å². The topological polar surface area (TPSA) is 41.6 Å². The fourth-order valence-corrected chi connectivity index (χ4v) is 3.32. The quantitative estimate of drug-likeness (QED) is 0.804. The average molecular weight is 370 g/mol. The fraction of sp³-hybridized carbons (Fsp3) is 0.409. The molecule has 0 aromatic heterocycles. The maximum atomic E-state index is 12.9. The number of piperidine rings is 1. The lowest BCUT2D eigenvalue weighted by molar-refractivity contribution is -0.127. The zero-order chi connectivity index (χ0) is 19.1. The number of benzene rings is 2. The summed E-state index contributed by atoms with van der Waals surface area (Å²) in [6.07, 6.45) is 3.25. The van der Waals surface area contributed by atoms with Gasteiger partial charge in [-0.15, -0.1) is 0 Å². The van der Waals surface area contributed by atoms with E-state index in [-0.39, 0.29) is 11.7 Å². The third kappa shape index (κ3) is 6.07. The Morgan fingerprint density at radius 3 is 2.56 bits per heavy atom. The van der Waals surface area contributed by atoms with Gasteiger partial charge in [0, 0.05) is 13.1 Å². The van der Waals surface area contributed by atoms with Crippen molar-refractivity contribution in [2.45, 2.75) is 45.4 Å². The number of rotatable bonds is 7. The lowest BCUT2D eigenvalue weighted by Crippen LogP contribution is -2.36. The minimum absolute atomic E-state index is 0.194. The predicted octanol–water partition coefficient (Wildman–Crippen LogP) is 3.90. The number of amides is 1. The number of carbonyl (C=O) groups excluding carboxylic acids is 1. The number of likely N-dealkylation sites (tertiary alicyclic amines) is 1. The molecule has 144 valence electrons. The van der Waals surface area contributed by atoms with Crippen LogP contribution in [0.15, 0.2) is 48.5 Å². The second-order valence-corrected chi connectivity index (χ2v) is 7.09. The first-order chi connectivity index (χ1) is 13.1. The molecule has 1 fully saturated rings. The summed E-state index contributed by atoms with van der Waals surface area (Å²) in [4.78, 5) is 14.8. The van der Waals surface area contributed by atoms with E-state index in [1.807, 2.05) is 12.1 Å². The van der Waals surface area contributed by atoms with Crippen LogP contribution >= 0.6 is 0 Å². The summed E-state index contributed by atoms with van der Waals surface area (Å²) in [5, 5.41) is 2.91. The monoisotopic (exact) mass is 370 g/mol. The smallest absolute Gasteiger partial charge is 0.261 e. The van der Waals surface area contributed by atoms with Gasteiger partial charge < -0.3 is 10.1 Å². The molecule has 1 aliphatic heterocycles. The molecule has 2 aromatic carbocycles. The Morgan fingerprint density at radius 1 is 1.11 bits per heavy atom. The zero-order valence-corrected chi connectivity index (χ0v) is 15.8. The van der Waals surface area contributed by atoms with Gasteiger partial charge in [-0.25, -0.2) is 4.39 Å². The van der Waals surface area contributed by atoms with Gasteiger partial charge in [-0.1, -0.05) is 30.7 Å². The van der Waals surface area contributed by atoms with Gasteiger partial charge in [0.05, 0.1) is 0 Å². The molecule has 0 saturated carbocycles. The van der Waals surface area contributed by atoms with Crippen LogP contribution in [0.5, 0.6) is 5.75 Å². The number of nitrogens with zero attached hydrogens (tertiary/aromatic N) is 1. The van der Waals surface area contributed by atoms with Gasteiger partial charge in [0.2, 0.25) is 0 Å². The van der Waals surface area contributed by atoms with E-state index in [4.69, 9.17) is 4.74 Å². The highest BCUT2D eigenvalue weighted by atomic mass is 19.1. The molecule has 1 amide bonds. The molecule has 5 heteroatoms. The Labute approximate surface area is 160 Å². The Kier molecular flexibility index (Phi) is 6.82. The SMILES string of the molecule is CC(Oc1ccc(F)cc1)C(=O)NCc1cccc(CN2CCCCC2)c1. The highest BCUT2D eigenvalue weighted by molar-refractivity contribution is 5.80. The van der Waals surface area contributed by atoms with Gasteiger partial charge >= 0.3 is 0 Å². The van der Waals surface area contributed by atoms with Crippen LogP contribution in [0.4, 0.5) is 4.39 Å². The molecule has 1 atom stereocenters. The van der Waals surface area contributed by atoms with Crippen molar-refractivity contribution < 1.29 is 13.9 Å². The standard InChI is InChI=1S/C22H27FN2O2/c1-17(27-21-10-8-20(23)9-11-21)22(26)24-15-18-6-5-7-19(14-18)16-25-12-3-2-4-13-25/h5-11,14,17H,2-4,12-13,15-16H2,1H3,(H,24,26). The Morgan fingerprint density at radius 2 is 1.81 bits per heavy atom. The summed E-state index contributed by atoms with van der Waals surface area (Å²) in [6, 6.07) is 14.0. The maximum Gasteiger partial charge on any atom is 0.261 e. The first-order valence-corrected chi connectivity index (χ1v) is 9.60. The van der Waals surface area contributed by atoms with Gasteiger partial charge in [-0.3, -0.25) is 9.69 Å². The molecule has 1 heterocycles. The van der Waals surface area contributed by atoms with Crippen LogP contribution in [0.25, 0.3) is 0 Å². The van der Waals surface area contributed by atoms with E-state index in [0.717, 1.165) is 12.1 Å². The lowest BCUT2D eigenvalue weighted by Gasteiger charge is -2.26. The van der Waals surface area contributed by atoms with Crippen molar-refractivity contribution in [3.8, 4) is 5.75 Å². The molecule has 4 nitrogen and oxygen atoms in total. The number of halogens is 1. The molecule has 27 heavy (non-hydrogen) atoms. The Bertz CT molecular complexity index is 742. The molecule has 2 aromatic rings. The van der Waals surface area contributed by atoms with Crippen molar-refractivity contribution in [1.82, 2.24) is 10.2 Å². The molecule has 0 bridgehead atoms. The van der Waals surface area contributed by atoms with Crippen LogP contribution in [-0.2, 0) is 17.9 Å². The number of nitrogens with one attached hydrogen (secondary N) is 1. The van der Waals surface area contributed by atoms with Gasteiger partial charge in [0.25, 0.3) is 5.91 Å². The second-order valence-electron chi connectivity index (χ2n) is 7.09. The molecular weight excluding hydrogens is 343 g/mol. The third-order valence-electron chi connectivity index (χ3n) is 4.81. The van der Waals surface area contributed by atoms with Crippen molar-refractivity contribution in [3.63, 3.8) is 0 Å². The first kappa shape index (κ1) is 19.4. The van der Waals surface area contributed by atoms with E-state index in [9.17, 15) is 9.18 Å². The minimum Gasteiger partial charge on any atom is -0.481 e. The van der Waals surface area contributed by atoms with Gasteiger partial charge in [0.1, 0.15) is 11.6 Å². The summed E-state index contributed by atoms with van der Waals surface area (Å²) < 4.78 is 18.5. The largest absolute Gasteiger partial charge is 0.481 e.